The number of amides is 1. The van der Waals surface area contributed by atoms with Crippen molar-refractivity contribution in [2.24, 2.45) is 0 Å². The predicted octanol–water partition coefficient (Wildman–Crippen LogP) is 6.02. The third-order valence-electron chi connectivity index (χ3n) is 5.57. The molecular formula is C26H19Cl2NO5S. The van der Waals surface area contributed by atoms with Crippen LogP contribution in [-0.2, 0) is 14.6 Å². The van der Waals surface area contributed by atoms with E-state index in [-0.39, 0.29) is 26.1 Å². The van der Waals surface area contributed by atoms with E-state index in [1.54, 1.807) is 61.6 Å². The van der Waals surface area contributed by atoms with Crippen LogP contribution in [0.2, 0.25) is 10.0 Å². The molecule has 0 aromatic heterocycles. The van der Waals surface area contributed by atoms with Crippen molar-refractivity contribution < 1.29 is 23.1 Å². The summed E-state index contributed by atoms with van der Waals surface area (Å²) in [6.45, 7) is 0. The lowest BCUT2D eigenvalue weighted by Gasteiger charge is -2.21. The van der Waals surface area contributed by atoms with Crippen molar-refractivity contribution in [2.75, 3.05) is 11.9 Å². The molecule has 0 heterocycles. The molecule has 1 unspecified atom stereocenters. The fraction of sp³-hybridized carbons (Fsp3) is 0.0769. The van der Waals surface area contributed by atoms with Gasteiger partial charge in [-0.1, -0.05) is 65.7 Å². The van der Waals surface area contributed by atoms with Crippen LogP contribution in [0.3, 0.4) is 0 Å². The number of carboxylic acids is 1. The lowest BCUT2D eigenvalue weighted by Crippen LogP contribution is -2.27. The van der Waals surface area contributed by atoms with Crippen molar-refractivity contribution in [3.05, 3.63) is 106 Å². The molecule has 0 aliphatic rings. The van der Waals surface area contributed by atoms with E-state index in [4.69, 9.17) is 23.2 Å². The van der Waals surface area contributed by atoms with Gasteiger partial charge >= 0.3 is 5.97 Å². The summed E-state index contributed by atoms with van der Waals surface area (Å²) in [5.41, 5.74) is 0.746. The molecule has 0 spiro atoms. The third-order valence-corrected chi connectivity index (χ3v) is 7.98. The summed E-state index contributed by atoms with van der Waals surface area (Å²) in [5.74, 6) is -2.01. The SMILES string of the molecule is CN(C(=O)c1cc(C(C(=O)O)S(=O)(=O)c2cc(Cl)cc(Cl)c2)c2ccccc2c1)c1ccccc1. The molecule has 0 radical (unpaired) electrons. The van der Waals surface area contributed by atoms with Crippen LogP contribution in [0.5, 0.6) is 0 Å². The van der Waals surface area contributed by atoms with Gasteiger partial charge in [-0.15, -0.1) is 0 Å². The molecule has 1 atom stereocenters. The first-order valence-corrected chi connectivity index (χ1v) is 12.7. The number of nitrogens with zero attached hydrogens (tertiary/aromatic N) is 1. The first-order chi connectivity index (χ1) is 16.6. The Morgan fingerprint density at radius 2 is 1.46 bits per heavy atom. The summed E-state index contributed by atoms with van der Waals surface area (Å²) in [4.78, 5) is 26.8. The Labute approximate surface area is 212 Å². The maximum atomic E-state index is 13.6. The first kappa shape index (κ1) is 24.7. The minimum Gasteiger partial charge on any atom is -0.480 e. The van der Waals surface area contributed by atoms with Gasteiger partial charge in [0.1, 0.15) is 0 Å². The number of hydrogen-bond donors (Lipinski definition) is 1. The highest BCUT2D eigenvalue weighted by molar-refractivity contribution is 7.92. The number of carbonyl (C=O) groups is 2. The van der Waals surface area contributed by atoms with E-state index in [1.165, 1.54) is 17.0 Å². The molecule has 0 bridgehead atoms. The van der Waals surface area contributed by atoms with Crippen LogP contribution in [-0.4, -0.2) is 32.4 Å². The van der Waals surface area contributed by atoms with Crippen LogP contribution in [0.15, 0.2) is 89.8 Å². The Kier molecular flexibility index (Phi) is 6.85. The van der Waals surface area contributed by atoms with Crippen molar-refractivity contribution in [1.82, 2.24) is 0 Å². The zero-order valence-electron chi connectivity index (χ0n) is 18.4. The fourth-order valence-corrected chi connectivity index (χ4v) is 6.21. The number of anilines is 1. The normalized spacial score (nSPS) is 12.3. The van der Waals surface area contributed by atoms with Gasteiger partial charge in [-0.05, 0) is 58.8 Å². The third kappa shape index (κ3) is 4.89. The summed E-state index contributed by atoms with van der Waals surface area (Å²) < 4.78 is 27.1. The molecule has 0 fully saturated rings. The molecule has 0 aliphatic carbocycles. The molecule has 9 heteroatoms. The molecule has 0 aliphatic heterocycles. The highest BCUT2D eigenvalue weighted by Gasteiger charge is 2.38. The quantitative estimate of drug-likeness (QED) is 0.330. The lowest BCUT2D eigenvalue weighted by atomic mass is 9.98. The van der Waals surface area contributed by atoms with E-state index < -0.39 is 27.0 Å². The van der Waals surface area contributed by atoms with Crippen LogP contribution < -0.4 is 4.90 Å². The second-order valence-electron chi connectivity index (χ2n) is 7.85. The van der Waals surface area contributed by atoms with Crippen LogP contribution in [0.25, 0.3) is 10.8 Å². The van der Waals surface area contributed by atoms with Crippen molar-refractivity contribution in [1.29, 1.82) is 0 Å². The van der Waals surface area contributed by atoms with Crippen LogP contribution in [0.4, 0.5) is 5.69 Å². The highest BCUT2D eigenvalue weighted by atomic mass is 35.5. The number of fused-ring (bicyclic) bond motifs is 1. The van der Waals surface area contributed by atoms with Crippen molar-refractivity contribution in [3.8, 4) is 0 Å². The summed E-state index contributed by atoms with van der Waals surface area (Å²) in [7, 11) is -2.91. The average Bonchev–Trinajstić information content (AvgIpc) is 2.82. The molecule has 0 saturated carbocycles. The number of carboxylic acid groups (broad SMARTS) is 1. The Morgan fingerprint density at radius 1 is 0.857 bits per heavy atom. The molecule has 35 heavy (non-hydrogen) atoms. The molecule has 1 N–H and O–H groups in total. The number of rotatable bonds is 6. The molecule has 4 aromatic carbocycles. The maximum Gasteiger partial charge on any atom is 0.326 e. The molecule has 0 saturated heterocycles. The molecule has 1 amide bonds. The molecule has 6 nitrogen and oxygen atoms in total. The Bertz CT molecular complexity index is 1530. The van der Waals surface area contributed by atoms with Crippen molar-refractivity contribution in [2.45, 2.75) is 10.1 Å². The zero-order chi connectivity index (χ0) is 25.3. The van der Waals surface area contributed by atoms with Crippen LogP contribution in [0.1, 0.15) is 21.2 Å². The van der Waals surface area contributed by atoms with Gasteiger partial charge in [0.15, 0.2) is 15.1 Å². The second-order valence-corrected chi connectivity index (χ2v) is 10.8. The second kappa shape index (κ2) is 9.70. The Morgan fingerprint density at radius 3 is 2.09 bits per heavy atom. The molecular weight excluding hydrogens is 509 g/mol. The van der Waals surface area contributed by atoms with Gasteiger partial charge in [0.2, 0.25) is 0 Å². The van der Waals surface area contributed by atoms with Gasteiger partial charge in [0, 0.05) is 28.3 Å². The Balaban J connectivity index is 1.92. The zero-order valence-corrected chi connectivity index (χ0v) is 20.7. The van der Waals surface area contributed by atoms with Gasteiger partial charge in [-0.2, -0.15) is 0 Å². The summed E-state index contributed by atoms with van der Waals surface area (Å²) in [6, 6.07) is 22.2. The van der Waals surface area contributed by atoms with Gasteiger partial charge in [0.25, 0.3) is 5.91 Å². The minimum absolute atomic E-state index is 0.0310. The summed E-state index contributed by atoms with van der Waals surface area (Å²) in [6.07, 6.45) is 0. The van der Waals surface area contributed by atoms with Gasteiger partial charge in [-0.3, -0.25) is 9.59 Å². The molecule has 178 valence electrons. The Hall–Kier alpha value is -3.39. The van der Waals surface area contributed by atoms with E-state index in [0.717, 1.165) is 12.1 Å². The number of carbonyl (C=O) groups excluding carboxylic acids is 1. The van der Waals surface area contributed by atoms with Crippen LogP contribution in [0, 0.1) is 0 Å². The fourth-order valence-electron chi connectivity index (χ4n) is 3.90. The smallest absolute Gasteiger partial charge is 0.326 e. The van der Waals surface area contributed by atoms with E-state index >= 15 is 0 Å². The largest absolute Gasteiger partial charge is 0.480 e. The van der Waals surface area contributed by atoms with Gasteiger partial charge in [0.05, 0.1) is 4.90 Å². The van der Waals surface area contributed by atoms with E-state index in [0.29, 0.717) is 16.5 Å². The van der Waals surface area contributed by atoms with E-state index in [2.05, 4.69) is 0 Å². The van der Waals surface area contributed by atoms with E-state index in [9.17, 15) is 23.1 Å². The number of para-hydroxylation sites is 1. The maximum absolute atomic E-state index is 13.6. The minimum atomic E-state index is -4.50. The van der Waals surface area contributed by atoms with Crippen molar-refractivity contribution in [3.63, 3.8) is 0 Å². The highest BCUT2D eigenvalue weighted by Crippen LogP contribution is 2.37. The van der Waals surface area contributed by atoms with E-state index in [1.807, 2.05) is 6.07 Å². The number of sulfone groups is 1. The summed E-state index contributed by atoms with van der Waals surface area (Å²) >= 11 is 12.0. The summed E-state index contributed by atoms with van der Waals surface area (Å²) in [5, 5.41) is 9.13. The number of halogens is 2. The number of aliphatic carboxylic acids is 1. The first-order valence-electron chi connectivity index (χ1n) is 10.4. The molecule has 4 rings (SSSR count). The predicted molar refractivity (Wildman–Crippen MR) is 137 cm³/mol. The van der Waals surface area contributed by atoms with Crippen molar-refractivity contribution >= 4 is 61.4 Å². The lowest BCUT2D eigenvalue weighted by molar-refractivity contribution is -0.136. The number of benzene rings is 4. The molecule has 4 aromatic rings. The van der Waals surface area contributed by atoms with Crippen LogP contribution >= 0.6 is 23.2 Å². The monoisotopic (exact) mass is 527 g/mol. The van der Waals surface area contributed by atoms with Gasteiger partial charge < -0.3 is 10.0 Å². The standard InChI is InChI=1S/C26H19Cl2NO5S/c1-29(20-8-3-2-4-9-20)25(30)17-11-16-7-5-6-10-22(16)23(12-17)24(26(31)32)35(33,34)21-14-18(27)13-19(28)15-21/h2-15,24H,1H3,(H,31,32). The topological polar surface area (TPSA) is 91.8 Å². The average molecular weight is 528 g/mol. The number of hydrogen-bond acceptors (Lipinski definition) is 4. The van der Waals surface area contributed by atoms with Gasteiger partial charge in [-0.25, -0.2) is 8.42 Å².